The monoisotopic (exact) mass is 276 g/mol. The number of hydrogen-bond acceptors (Lipinski definition) is 3. The molecule has 1 heterocycles. The van der Waals surface area contributed by atoms with Gasteiger partial charge in [-0.3, -0.25) is 4.79 Å². The summed E-state index contributed by atoms with van der Waals surface area (Å²) in [6, 6.07) is 7.79. The van der Waals surface area contributed by atoms with Crippen molar-refractivity contribution >= 4 is 5.91 Å². The summed E-state index contributed by atoms with van der Waals surface area (Å²) in [5.41, 5.74) is 6.70. The smallest absolute Gasteiger partial charge is 0.260 e. The highest BCUT2D eigenvalue weighted by molar-refractivity contribution is 5.77. The molecule has 20 heavy (non-hydrogen) atoms. The summed E-state index contributed by atoms with van der Waals surface area (Å²) in [6.45, 7) is 4.73. The zero-order valence-corrected chi connectivity index (χ0v) is 12.2. The number of carbonyl (C=O) groups is 1. The van der Waals surface area contributed by atoms with Crippen LogP contribution in [-0.4, -0.2) is 37.0 Å². The van der Waals surface area contributed by atoms with Gasteiger partial charge in [0.15, 0.2) is 6.61 Å². The highest BCUT2D eigenvalue weighted by Gasteiger charge is 2.20. The van der Waals surface area contributed by atoms with Crippen molar-refractivity contribution in [1.82, 2.24) is 4.90 Å². The molecule has 1 aromatic carbocycles. The van der Waals surface area contributed by atoms with Gasteiger partial charge in [-0.05, 0) is 49.4 Å². The molecule has 1 amide bonds. The average Bonchev–Trinajstić information content (AvgIpc) is 2.47. The number of nitrogens with zero attached hydrogens (tertiary/aromatic N) is 1. The molecule has 1 saturated heterocycles. The summed E-state index contributed by atoms with van der Waals surface area (Å²) < 4.78 is 5.56. The molecule has 0 aliphatic carbocycles. The van der Waals surface area contributed by atoms with Gasteiger partial charge in [-0.2, -0.15) is 0 Å². The van der Waals surface area contributed by atoms with Gasteiger partial charge in [0.25, 0.3) is 5.91 Å². The fourth-order valence-corrected chi connectivity index (χ4v) is 2.41. The van der Waals surface area contributed by atoms with E-state index in [1.807, 2.05) is 29.2 Å². The van der Waals surface area contributed by atoms with Gasteiger partial charge < -0.3 is 15.4 Å². The molecule has 0 atom stereocenters. The molecule has 1 aliphatic heterocycles. The van der Waals surface area contributed by atoms with Crippen LogP contribution in [0.5, 0.6) is 5.75 Å². The predicted molar refractivity (Wildman–Crippen MR) is 79.7 cm³/mol. The standard InChI is InChI=1S/C16H24N2O2/c1-13-7-10-18(11-8-13)16(19)12-20-15-4-2-14(3-5-15)6-9-17/h2-5,13H,6-12,17H2,1H3. The lowest BCUT2D eigenvalue weighted by Gasteiger charge is -2.30. The molecule has 0 aromatic heterocycles. The molecule has 1 fully saturated rings. The first-order valence-electron chi connectivity index (χ1n) is 7.38. The minimum Gasteiger partial charge on any atom is -0.484 e. The quantitative estimate of drug-likeness (QED) is 0.892. The fraction of sp³-hybridized carbons (Fsp3) is 0.562. The topological polar surface area (TPSA) is 55.6 Å². The number of likely N-dealkylation sites (tertiary alicyclic amines) is 1. The summed E-state index contributed by atoms with van der Waals surface area (Å²) in [7, 11) is 0. The molecule has 2 rings (SSSR count). The van der Waals surface area contributed by atoms with E-state index < -0.39 is 0 Å². The molecule has 2 N–H and O–H groups in total. The Bertz CT molecular complexity index is 423. The van der Waals surface area contributed by atoms with E-state index in [4.69, 9.17) is 10.5 Å². The van der Waals surface area contributed by atoms with Gasteiger partial charge in [-0.25, -0.2) is 0 Å². The second kappa shape index (κ2) is 7.29. The lowest BCUT2D eigenvalue weighted by atomic mass is 9.99. The molecule has 0 bridgehead atoms. The lowest BCUT2D eigenvalue weighted by Crippen LogP contribution is -2.40. The van der Waals surface area contributed by atoms with E-state index >= 15 is 0 Å². The Kier molecular flexibility index (Phi) is 5.41. The van der Waals surface area contributed by atoms with Crippen LogP contribution < -0.4 is 10.5 Å². The first-order chi connectivity index (χ1) is 9.69. The Morgan fingerprint density at radius 2 is 1.95 bits per heavy atom. The first-order valence-corrected chi connectivity index (χ1v) is 7.38. The Hall–Kier alpha value is -1.55. The van der Waals surface area contributed by atoms with Gasteiger partial charge in [-0.1, -0.05) is 19.1 Å². The molecule has 4 nitrogen and oxygen atoms in total. The summed E-state index contributed by atoms with van der Waals surface area (Å²) in [5, 5.41) is 0. The van der Waals surface area contributed by atoms with Crippen LogP contribution in [0.3, 0.4) is 0 Å². The minimum absolute atomic E-state index is 0.0861. The van der Waals surface area contributed by atoms with Crippen LogP contribution in [0, 0.1) is 5.92 Å². The normalized spacial score (nSPS) is 16.2. The number of ether oxygens (including phenoxy) is 1. The van der Waals surface area contributed by atoms with Crippen LogP contribution in [0.25, 0.3) is 0 Å². The largest absolute Gasteiger partial charge is 0.484 e. The van der Waals surface area contributed by atoms with Crippen molar-refractivity contribution in [2.45, 2.75) is 26.2 Å². The number of hydrogen-bond donors (Lipinski definition) is 1. The van der Waals surface area contributed by atoms with E-state index in [9.17, 15) is 4.79 Å². The van der Waals surface area contributed by atoms with Crippen molar-refractivity contribution in [2.75, 3.05) is 26.2 Å². The maximum Gasteiger partial charge on any atom is 0.260 e. The van der Waals surface area contributed by atoms with E-state index in [0.717, 1.165) is 44.0 Å². The van der Waals surface area contributed by atoms with E-state index in [2.05, 4.69) is 6.92 Å². The maximum atomic E-state index is 12.0. The Balaban J connectivity index is 1.78. The molecule has 0 spiro atoms. The summed E-state index contributed by atoms with van der Waals surface area (Å²) >= 11 is 0. The number of benzene rings is 1. The predicted octanol–water partition coefficient (Wildman–Crippen LogP) is 1.83. The Morgan fingerprint density at radius 1 is 1.30 bits per heavy atom. The van der Waals surface area contributed by atoms with Crippen LogP contribution >= 0.6 is 0 Å². The third-order valence-electron chi connectivity index (χ3n) is 3.86. The number of rotatable bonds is 5. The van der Waals surface area contributed by atoms with E-state index in [1.54, 1.807) is 0 Å². The molecule has 1 aromatic rings. The number of carbonyl (C=O) groups excluding carboxylic acids is 1. The maximum absolute atomic E-state index is 12.0. The molecule has 0 saturated carbocycles. The zero-order chi connectivity index (χ0) is 14.4. The molecule has 0 radical (unpaired) electrons. The first kappa shape index (κ1) is 14.9. The molecule has 0 unspecified atom stereocenters. The van der Waals surface area contributed by atoms with Crippen LogP contribution in [0.15, 0.2) is 24.3 Å². The third kappa shape index (κ3) is 4.23. The third-order valence-corrected chi connectivity index (χ3v) is 3.86. The van der Waals surface area contributed by atoms with Crippen molar-refractivity contribution in [2.24, 2.45) is 11.7 Å². The average molecular weight is 276 g/mol. The Morgan fingerprint density at radius 3 is 2.55 bits per heavy atom. The number of amides is 1. The van der Waals surface area contributed by atoms with E-state index in [0.29, 0.717) is 6.54 Å². The molecular formula is C16H24N2O2. The van der Waals surface area contributed by atoms with Crippen molar-refractivity contribution in [3.8, 4) is 5.75 Å². The van der Waals surface area contributed by atoms with Crippen molar-refractivity contribution in [3.05, 3.63) is 29.8 Å². The number of piperidine rings is 1. The van der Waals surface area contributed by atoms with Crippen molar-refractivity contribution < 1.29 is 9.53 Å². The summed E-state index contributed by atoms with van der Waals surface area (Å²) in [6.07, 6.45) is 3.06. The van der Waals surface area contributed by atoms with Crippen molar-refractivity contribution in [3.63, 3.8) is 0 Å². The fourth-order valence-electron chi connectivity index (χ4n) is 2.41. The van der Waals surface area contributed by atoms with Crippen LogP contribution in [0.4, 0.5) is 0 Å². The minimum atomic E-state index is 0.0861. The Labute approximate surface area is 120 Å². The van der Waals surface area contributed by atoms with Gasteiger partial charge in [0, 0.05) is 13.1 Å². The summed E-state index contributed by atoms with van der Waals surface area (Å²) in [5.74, 6) is 1.56. The SMILES string of the molecule is CC1CCN(C(=O)COc2ccc(CCN)cc2)CC1. The highest BCUT2D eigenvalue weighted by Crippen LogP contribution is 2.17. The second-order valence-corrected chi connectivity index (χ2v) is 5.53. The molecule has 1 aliphatic rings. The number of nitrogens with two attached hydrogens (primary N) is 1. The van der Waals surface area contributed by atoms with Crippen LogP contribution in [0.1, 0.15) is 25.3 Å². The van der Waals surface area contributed by atoms with Gasteiger partial charge in [0.05, 0.1) is 0 Å². The van der Waals surface area contributed by atoms with Gasteiger partial charge in [0.2, 0.25) is 0 Å². The molecule has 4 heteroatoms. The lowest BCUT2D eigenvalue weighted by molar-refractivity contribution is -0.134. The van der Waals surface area contributed by atoms with Crippen molar-refractivity contribution in [1.29, 1.82) is 0 Å². The zero-order valence-electron chi connectivity index (χ0n) is 12.2. The van der Waals surface area contributed by atoms with Crippen LogP contribution in [0.2, 0.25) is 0 Å². The van der Waals surface area contributed by atoms with E-state index in [-0.39, 0.29) is 12.5 Å². The van der Waals surface area contributed by atoms with E-state index in [1.165, 1.54) is 5.56 Å². The summed E-state index contributed by atoms with van der Waals surface area (Å²) in [4.78, 5) is 13.9. The highest BCUT2D eigenvalue weighted by atomic mass is 16.5. The van der Waals surface area contributed by atoms with Crippen LogP contribution in [-0.2, 0) is 11.2 Å². The molecular weight excluding hydrogens is 252 g/mol. The van der Waals surface area contributed by atoms with Gasteiger partial charge in [-0.15, -0.1) is 0 Å². The molecule has 110 valence electrons. The van der Waals surface area contributed by atoms with Gasteiger partial charge >= 0.3 is 0 Å². The second-order valence-electron chi connectivity index (χ2n) is 5.53. The van der Waals surface area contributed by atoms with Gasteiger partial charge in [0.1, 0.15) is 5.75 Å².